The molecule has 2 aliphatic rings. The molecule has 2 unspecified atom stereocenters. The number of likely N-dealkylation sites (N-methyl/N-ethyl adjacent to an activating group) is 1. The highest BCUT2D eigenvalue weighted by Crippen LogP contribution is 2.48. The molecule has 48 heavy (non-hydrogen) atoms. The molecule has 1 heterocycles. The van der Waals surface area contributed by atoms with E-state index in [0.717, 1.165) is 39.4 Å². The van der Waals surface area contributed by atoms with E-state index in [-0.39, 0.29) is 12.5 Å². The molecule has 0 spiro atoms. The molecule has 1 amide bonds. The molecule has 3 aromatic rings. The van der Waals surface area contributed by atoms with Crippen molar-refractivity contribution in [2.24, 2.45) is 10.2 Å². The molecular weight excluding hydrogens is 641 g/mol. The number of halogens is 1. The van der Waals surface area contributed by atoms with Gasteiger partial charge in [0.05, 0.1) is 17.9 Å². The number of benzene rings is 3. The van der Waals surface area contributed by atoms with Crippen LogP contribution in [0.15, 0.2) is 82.5 Å². The van der Waals surface area contributed by atoms with Crippen molar-refractivity contribution in [2.45, 2.75) is 89.0 Å². The summed E-state index contributed by atoms with van der Waals surface area (Å²) in [6.07, 6.45) is 2.86. The Bertz CT molecular complexity index is 1420. The Labute approximate surface area is 293 Å². The van der Waals surface area contributed by atoms with Crippen LogP contribution in [0.2, 0.25) is 0 Å². The molecule has 7 nitrogen and oxygen atoms in total. The fraction of sp³-hybridized carbons (Fsp3) is 0.421. The number of hydrogen-bond donors (Lipinski definition) is 0. The number of anilines is 2. The van der Waals surface area contributed by atoms with Crippen LogP contribution in [0, 0.1) is 0 Å². The van der Waals surface area contributed by atoms with Gasteiger partial charge in [0.15, 0.2) is 0 Å². The molecule has 1 aliphatic carbocycles. The van der Waals surface area contributed by atoms with Crippen LogP contribution in [0.4, 0.5) is 26.9 Å². The van der Waals surface area contributed by atoms with Crippen LogP contribution >= 0.6 is 17.1 Å². The average molecular weight is 699 g/mol. The minimum absolute atomic E-state index is 0.00931. The fourth-order valence-corrected chi connectivity index (χ4v) is 5.41. The van der Waals surface area contributed by atoms with E-state index in [2.05, 4.69) is 10.2 Å². The number of carbonyl (C=O) groups excluding carboxylic acids is 2. The van der Waals surface area contributed by atoms with E-state index in [1.807, 2.05) is 162 Å². The molecule has 0 saturated heterocycles. The molecule has 0 radical (unpaired) electrons. The molecule has 0 saturated carbocycles. The van der Waals surface area contributed by atoms with Gasteiger partial charge in [0, 0.05) is 36.5 Å². The van der Waals surface area contributed by atoms with Gasteiger partial charge in [-0.15, -0.1) is 0 Å². The van der Waals surface area contributed by atoms with E-state index < -0.39 is 14.1 Å². The number of nitrogens with zero attached hydrogens (tertiary/aromatic N) is 4. The summed E-state index contributed by atoms with van der Waals surface area (Å²) in [6, 6.07) is 21.1. The van der Waals surface area contributed by atoms with Crippen LogP contribution in [0.5, 0.6) is 0 Å². The number of amides is 1. The highest BCUT2D eigenvalue weighted by atomic mass is 32.0. The van der Waals surface area contributed by atoms with Crippen molar-refractivity contribution in [3.63, 3.8) is 0 Å². The average Bonchev–Trinajstić information content (AvgIpc) is 3.80. The normalized spacial score (nSPS) is 12.3. The zero-order chi connectivity index (χ0) is 36.6. The molecule has 0 fully saturated rings. The van der Waals surface area contributed by atoms with Crippen molar-refractivity contribution in [2.75, 3.05) is 29.4 Å². The van der Waals surface area contributed by atoms with Crippen LogP contribution in [0.3, 0.4) is 0 Å². The van der Waals surface area contributed by atoms with E-state index in [1.54, 1.807) is 6.08 Å². The predicted octanol–water partition coefficient (Wildman–Crippen LogP) is 12.2. The third-order valence-corrected chi connectivity index (χ3v) is 7.37. The Morgan fingerprint density at radius 3 is 1.94 bits per heavy atom. The van der Waals surface area contributed by atoms with Gasteiger partial charge in [-0.05, 0) is 87.5 Å². The quantitative estimate of drug-likeness (QED) is 0.173. The molecule has 0 N–H and O–H groups in total. The van der Waals surface area contributed by atoms with Gasteiger partial charge in [0.25, 0.3) is 8.15 Å². The molecule has 2 atom stereocenters. The van der Waals surface area contributed by atoms with Crippen molar-refractivity contribution in [1.82, 2.24) is 0 Å². The highest BCUT2D eigenvalue weighted by Gasteiger charge is 2.31. The Hall–Kier alpha value is -3.47. The standard InChI is InChI=1S/C28H27FN4O3P2.5C2H6/c1-2-32(23-11-9-22(10-12-23)31-30-21-6-4-3-5-7-21)18-27(34)33-15-14-24-25-17-20(28(35)36-38(29)37)16-19(25)8-13-26(24)33;5*1-2/h3-13,16H,2,14-15,17-18,37H2,1H3;5*1-2H3. The maximum atomic E-state index is 13.4. The second-order valence-corrected chi connectivity index (χ2v) is 10.9. The third kappa shape index (κ3) is 12.9. The highest BCUT2D eigenvalue weighted by molar-refractivity contribution is 8.08. The molecule has 264 valence electrons. The predicted molar refractivity (Wildman–Crippen MR) is 210 cm³/mol. The second-order valence-electron chi connectivity index (χ2n) is 8.99. The Kier molecular flexibility index (Phi) is 23.7. The minimum Gasteiger partial charge on any atom is -0.406 e. The van der Waals surface area contributed by atoms with Crippen LogP contribution in [-0.4, -0.2) is 31.5 Å². The summed E-state index contributed by atoms with van der Waals surface area (Å²) < 4.78 is 17.9. The first-order chi connectivity index (χ1) is 23.4. The van der Waals surface area contributed by atoms with Crippen LogP contribution < -0.4 is 9.80 Å². The molecule has 10 heteroatoms. The van der Waals surface area contributed by atoms with Crippen molar-refractivity contribution in [3.8, 4) is 0 Å². The molecule has 1 aliphatic heterocycles. The zero-order valence-electron chi connectivity index (χ0n) is 30.9. The first kappa shape index (κ1) is 44.5. The lowest BCUT2D eigenvalue weighted by atomic mass is 10.00. The maximum Gasteiger partial charge on any atom is 0.339 e. The van der Waals surface area contributed by atoms with Gasteiger partial charge >= 0.3 is 5.97 Å². The van der Waals surface area contributed by atoms with Gasteiger partial charge < -0.3 is 14.3 Å². The number of rotatable bonds is 8. The van der Waals surface area contributed by atoms with Crippen LogP contribution in [-0.2, 0) is 27.0 Å². The van der Waals surface area contributed by atoms with Gasteiger partial charge in [0.2, 0.25) is 5.91 Å². The summed E-state index contributed by atoms with van der Waals surface area (Å²) >= 11 is 0. The summed E-state index contributed by atoms with van der Waals surface area (Å²) in [5.74, 6) is -0.620. The van der Waals surface area contributed by atoms with Crippen molar-refractivity contribution in [1.29, 1.82) is 0 Å². The van der Waals surface area contributed by atoms with Gasteiger partial charge in [-0.25, -0.2) is 4.79 Å². The monoisotopic (exact) mass is 698 g/mol. The maximum absolute atomic E-state index is 13.4. The Morgan fingerprint density at radius 2 is 1.40 bits per heavy atom. The van der Waals surface area contributed by atoms with E-state index in [9.17, 15) is 13.8 Å². The lowest BCUT2D eigenvalue weighted by molar-refractivity contribution is -0.129. The lowest BCUT2D eigenvalue weighted by Crippen LogP contribution is -2.39. The molecule has 5 rings (SSSR count). The topological polar surface area (TPSA) is 74.6 Å². The van der Waals surface area contributed by atoms with Crippen molar-refractivity contribution >= 4 is 57.8 Å². The van der Waals surface area contributed by atoms with Crippen LogP contribution in [0.1, 0.15) is 92.9 Å². The number of hydrogen-bond acceptors (Lipinski definition) is 6. The van der Waals surface area contributed by atoms with Gasteiger partial charge in [-0.1, -0.05) is 93.5 Å². The third-order valence-electron chi connectivity index (χ3n) is 6.71. The smallest absolute Gasteiger partial charge is 0.339 e. The molecule has 3 aromatic carbocycles. The first-order valence-electron chi connectivity index (χ1n) is 17.3. The Morgan fingerprint density at radius 1 is 0.833 bits per heavy atom. The number of fused-ring (bicyclic) bond motifs is 3. The fourth-order valence-electron chi connectivity index (χ4n) is 4.85. The first-order valence-corrected chi connectivity index (χ1v) is 20.1. The minimum atomic E-state index is -2.34. The number of carbonyl (C=O) groups is 2. The lowest BCUT2D eigenvalue weighted by Gasteiger charge is -2.26. The van der Waals surface area contributed by atoms with Crippen LogP contribution in [0.25, 0.3) is 6.08 Å². The van der Waals surface area contributed by atoms with Gasteiger partial charge in [-0.3, -0.25) is 4.79 Å². The Balaban J connectivity index is 0.00000203. The van der Waals surface area contributed by atoms with Gasteiger partial charge in [-0.2, -0.15) is 14.4 Å². The van der Waals surface area contributed by atoms with Gasteiger partial charge in [0.1, 0.15) is 0 Å². The molecular formula is C38H57FN4O3P2. The summed E-state index contributed by atoms with van der Waals surface area (Å²) in [6.45, 7) is 23.5. The summed E-state index contributed by atoms with van der Waals surface area (Å²) in [5.41, 5.74) is 6.79. The largest absolute Gasteiger partial charge is 0.406 e. The summed E-state index contributed by atoms with van der Waals surface area (Å²) in [5, 5.41) is 8.54. The molecule has 0 bridgehead atoms. The SMILES string of the molecule is CC.CC.CC.CC.CC.CCN(CC(=O)N1CCc2c1ccc1c2CC(C(=O)OP(F)P)=C1)c1ccc(N=Nc2ccccc2)cc1. The van der Waals surface area contributed by atoms with E-state index in [1.165, 1.54) is 0 Å². The number of azo groups is 1. The van der Waals surface area contributed by atoms with E-state index >= 15 is 0 Å². The van der Waals surface area contributed by atoms with E-state index in [4.69, 9.17) is 4.52 Å². The van der Waals surface area contributed by atoms with E-state index in [0.29, 0.717) is 31.5 Å². The summed E-state index contributed by atoms with van der Waals surface area (Å²) in [7, 11) is -0.458. The van der Waals surface area contributed by atoms with Crippen molar-refractivity contribution in [3.05, 3.63) is 89.0 Å². The second kappa shape index (κ2) is 25.5. The zero-order valence-corrected chi connectivity index (χ0v) is 32.9. The molecule has 0 aromatic heterocycles. The van der Waals surface area contributed by atoms with Crippen molar-refractivity contribution < 1.29 is 18.3 Å². The summed E-state index contributed by atoms with van der Waals surface area (Å²) in [4.78, 5) is 29.4.